The molecular weight excluding hydrogens is 503 g/mol. The number of benzene rings is 3. The van der Waals surface area contributed by atoms with Crippen molar-refractivity contribution < 1.29 is 40.6 Å². The zero-order valence-corrected chi connectivity index (χ0v) is 20.2. The summed E-state index contributed by atoms with van der Waals surface area (Å²) in [6.45, 7) is 2.93. The number of hydrogen-bond donors (Lipinski definition) is 1. The number of anilines is 1. The number of halogens is 7. The summed E-state index contributed by atoms with van der Waals surface area (Å²) in [6.07, 6.45) is -15.8. The van der Waals surface area contributed by atoms with E-state index >= 15 is 0 Å². The van der Waals surface area contributed by atoms with E-state index in [2.05, 4.69) is 4.74 Å². The molecule has 1 N–H and O–H groups in total. The zero-order valence-electron chi connectivity index (χ0n) is 20.2. The molecule has 3 aromatic rings. The molecule has 0 bridgehead atoms. The van der Waals surface area contributed by atoms with Gasteiger partial charge >= 0.3 is 18.7 Å². The van der Waals surface area contributed by atoms with E-state index in [1.807, 2.05) is 44.2 Å². The Morgan fingerprint density at radius 3 is 2.00 bits per heavy atom. The van der Waals surface area contributed by atoms with Gasteiger partial charge in [-0.25, -0.2) is 0 Å². The summed E-state index contributed by atoms with van der Waals surface area (Å²) in [5.41, 5.74) is 2.35. The molecule has 0 aliphatic rings. The quantitative estimate of drug-likeness (QED) is 0.276. The fourth-order valence-corrected chi connectivity index (χ4v) is 3.40. The van der Waals surface area contributed by atoms with Gasteiger partial charge in [0, 0.05) is 12.2 Å². The van der Waals surface area contributed by atoms with E-state index in [9.17, 15) is 35.8 Å². The standard InChI is InChI=1S/C25H22F7NO2.C2H6/c26-23(27)25(31,32)35-21-11-5-9-19(14-21)15-33(16-22(34)24(28,29)30)20-10-4-8-18(13-20)12-17-6-2-1-3-7-17;1-2/h1-11,13-14,22-23,34H,12,15-16H2;1-2H3. The number of nitrogens with zero attached hydrogens (tertiary/aromatic N) is 1. The van der Waals surface area contributed by atoms with Gasteiger partial charge < -0.3 is 14.7 Å². The first-order valence-corrected chi connectivity index (χ1v) is 11.5. The molecule has 3 nitrogen and oxygen atoms in total. The smallest absolute Gasteiger partial charge is 0.428 e. The third kappa shape index (κ3) is 9.27. The Hall–Kier alpha value is -3.27. The Balaban J connectivity index is 0.00000235. The van der Waals surface area contributed by atoms with Gasteiger partial charge in [-0.15, -0.1) is 0 Å². The van der Waals surface area contributed by atoms with Crippen LogP contribution in [0.15, 0.2) is 78.9 Å². The average Bonchev–Trinajstić information content (AvgIpc) is 2.85. The van der Waals surface area contributed by atoms with Crippen LogP contribution >= 0.6 is 0 Å². The lowest BCUT2D eigenvalue weighted by Gasteiger charge is -2.29. The average molecular weight is 532 g/mol. The van der Waals surface area contributed by atoms with Gasteiger partial charge in [0.05, 0.1) is 6.54 Å². The highest BCUT2D eigenvalue weighted by atomic mass is 19.4. The van der Waals surface area contributed by atoms with Crippen molar-refractivity contribution in [2.24, 2.45) is 0 Å². The SMILES string of the molecule is CC.OC(CN(Cc1cccc(OC(F)(F)C(F)F)c1)c1cccc(Cc2ccccc2)c1)C(F)(F)F. The number of alkyl halides is 7. The van der Waals surface area contributed by atoms with Crippen LogP contribution in [-0.4, -0.2) is 36.5 Å². The van der Waals surface area contributed by atoms with E-state index in [0.29, 0.717) is 12.1 Å². The Morgan fingerprint density at radius 2 is 1.38 bits per heavy atom. The van der Waals surface area contributed by atoms with E-state index in [1.54, 1.807) is 24.3 Å². The summed E-state index contributed by atoms with van der Waals surface area (Å²) >= 11 is 0. The second kappa shape index (κ2) is 13.3. The summed E-state index contributed by atoms with van der Waals surface area (Å²) in [4.78, 5) is 1.23. The van der Waals surface area contributed by atoms with Crippen molar-refractivity contribution in [3.63, 3.8) is 0 Å². The van der Waals surface area contributed by atoms with Crippen molar-refractivity contribution in [1.29, 1.82) is 0 Å². The van der Waals surface area contributed by atoms with Gasteiger partial charge in [0.1, 0.15) is 5.75 Å². The molecule has 0 saturated carbocycles. The third-order valence-corrected chi connectivity index (χ3v) is 5.08. The topological polar surface area (TPSA) is 32.7 Å². The molecule has 0 aromatic heterocycles. The molecule has 0 amide bonds. The number of aliphatic hydroxyl groups excluding tert-OH is 1. The van der Waals surface area contributed by atoms with Gasteiger partial charge in [0.15, 0.2) is 6.10 Å². The van der Waals surface area contributed by atoms with E-state index in [4.69, 9.17) is 0 Å². The van der Waals surface area contributed by atoms with Gasteiger partial charge in [0.25, 0.3) is 0 Å². The Kier molecular flexibility index (Phi) is 10.8. The number of aliphatic hydroxyl groups is 1. The number of hydrogen-bond acceptors (Lipinski definition) is 3. The molecule has 1 unspecified atom stereocenters. The van der Waals surface area contributed by atoms with Crippen LogP contribution in [0, 0.1) is 0 Å². The summed E-state index contributed by atoms with van der Waals surface area (Å²) in [5.74, 6) is -0.568. The lowest BCUT2D eigenvalue weighted by molar-refractivity contribution is -0.253. The van der Waals surface area contributed by atoms with Crippen molar-refractivity contribution in [3.05, 3.63) is 95.6 Å². The molecule has 0 aliphatic heterocycles. The number of rotatable bonds is 10. The van der Waals surface area contributed by atoms with Gasteiger partial charge in [-0.05, 0) is 47.4 Å². The van der Waals surface area contributed by atoms with Crippen LogP contribution in [0.3, 0.4) is 0 Å². The summed E-state index contributed by atoms with van der Waals surface area (Å²) < 4.78 is 94.9. The van der Waals surface area contributed by atoms with E-state index in [0.717, 1.165) is 23.3 Å². The normalized spacial score (nSPS) is 12.5. The largest absolute Gasteiger partial charge is 0.461 e. The third-order valence-electron chi connectivity index (χ3n) is 5.08. The maximum atomic E-state index is 13.3. The van der Waals surface area contributed by atoms with Gasteiger partial charge in [-0.2, -0.15) is 30.7 Å². The van der Waals surface area contributed by atoms with Gasteiger partial charge in [-0.3, -0.25) is 0 Å². The molecule has 3 aromatic carbocycles. The van der Waals surface area contributed by atoms with Crippen LogP contribution in [0.25, 0.3) is 0 Å². The van der Waals surface area contributed by atoms with Crippen molar-refractivity contribution in [2.45, 2.75) is 51.6 Å². The van der Waals surface area contributed by atoms with Crippen LogP contribution in [0.2, 0.25) is 0 Å². The van der Waals surface area contributed by atoms with Crippen LogP contribution in [0.1, 0.15) is 30.5 Å². The molecule has 202 valence electrons. The summed E-state index contributed by atoms with van der Waals surface area (Å²) in [6, 6.07) is 20.8. The molecule has 3 rings (SSSR count). The highest BCUT2D eigenvalue weighted by Crippen LogP contribution is 2.30. The molecule has 10 heteroatoms. The molecule has 0 spiro atoms. The minimum Gasteiger partial charge on any atom is -0.428 e. The Morgan fingerprint density at radius 1 is 0.784 bits per heavy atom. The predicted molar refractivity (Wildman–Crippen MR) is 128 cm³/mol. The predicted octanol–water partition coefficient (Wildman–Crippen LogP) is 7.47. The molecule has 0 saturated heterocycles. The molecular formula is C27H28F7NO2. The zero-order chi connectivity index (χ0) is 27.6. The van der Waals surface area contributed by atoms with Crippen molar-refractivity contribution in [3.8, 4) is 5.75 Å². The molecule has 37 heavy (non-hydrogen) atoms. The first kappa shape index (κ1) is 30.0. The van der Waals surface area contributed by atoms with Gasteiger partial charge in [-0.1, -0.05) is 68.4 Å². The summed E-state index contributed by atoms with van der Waals surface area (Å²) in [5, 5.41) is 9.69. The fourth-order valence-electron chi connectivity index (χ4n) is 3.40. The van der Waals surface area contributed by atoms with Crippen LogP contribution in [0.4, 0.5) is 36.4 Å². The van der Waals surface area contributed by atoms with Crippen molar-refractivity contribution in [1.82, 2.24) is 0 Å². The first-order chi connectivity index (χ1) is 17.4. The second-order valence-corrected chi connectivity index (χ2v) is 7.88. The Bertz CT molecular complexity index is 1090. The molecule has 0 radical (unpaired) electrons. The maximum Gasteiger partial charge on any atom is 0.461 e. The van der Waals surface area contributed by atoms with Crippen LogP contribution < -0.4 is 9.64 Å². The van der Waals surface area contributed by atoms with E-state index in [1.165, 1.54) is 17.0 Å². The van der Waals surface area contributed by atoms with E-state index < -0.39 is 37.1 Å². The first-order valence-electron chi connectivity index (χ1n) is 11.5. The summed E-state index contributed by atoms with van der Waals surface area (Å²) in [7, 11) is 0. The van der Waals surface area contributed by atoms with Crippen LogP contribution in [0.5, 0.6) is 5.75 Å². The lowest BCUT2D eigenvalue weighted by atomic mass is 10.0. The fraction of sp³-hybridized carbons (Fsp3) is 0.333. The highest BCUT2D eigenvalue weighted by Gasteiger charge is 2.44. The maximum absolute atomic E-state index is 13.3. The second-order valence-electron chi connectivity index (χ2n) is 7.88. The lowest BCUT2D eigenvalue weighted by Crippen LogP contribution is -2.41. The number of ether oxygens (including phenoxy) is 1. The minimum absolute atomic E-state index is 0.218. The van der Waals surface area contributed by atoms with Crippen molar-refractivity contribution in [2.75, 3.05) is 11.4 Å². The Labute approximate surface area is 211 Å². The molecule has 0 heterocycles. The van der Waals surface area contributed by atoms with Crippen LogP contribution in [-0.2, 0) is 13.0 Å². The van der Waals surface area contributed by atoms with Crippen molar-refractivity contribution >= 4 is 5.69 Å². The molecule has 1 atom stereocenters. The molecule has 0 fully saturated rings. The van der Waals surface area contributed by atoms with E-state index in [-0.39, 0.29) is 12.1 Å². The van der Waals surface area contributed by atoms with Gasteiger partial charge in [0.2, 0.25) is 0 Å². The monoisotopic (exact) mass is 531 g/mol. The highest BCUT2D eigenvalue weighted by molar-refractivity contribution is 5.50. The molecule has 0 aliphatic carbocycles. The minimum atomic E-state index is -4.88.